The second kappa shape index (κ2) is 10.3. The molecule has 198 valence electrons. The third-order valence-corrected chi connectivity index (χ3v) is 5.76. The molecule has 1 aromatic heterocycles. The zero-order chi connectivity index (χ0) is 26.8. The van der Waals surface area contributed by atoms with Crippen LogP contribution in [0.3, 0.4) is 0 Å². The van der Waals surface area contributed by atoms with Crippen LogP contribution < -0.4 is 14.8 Å². The smallest absolute Gasteiger partial charge is 0.496 e. The maximum Gasteiger partial charge on any atom is 0.573 e. The third kappa shape index (κ3) is 6.52. The lowest BCUT2D eigenvalue weighted by atomic mass is 10.0. The molecule has 1 amide bonds. The minimum absolute atomic E-state index is 0.0573. The third-order valence-electron chi connectivity index (χ3n) is 5.76. The van der Waals surface area contributed by atoms with Crippen molar-refractivity contribution < 1.29 is 32.2 Å². The van der Waals surface area contributed by atoms with Crippen LogP contribution in [0.15, 0.2) is 42.5 Å². The fraction of sp³-hybridized carbons (Fsp3) is 0.423. The normalized spacial score (nSPS) is 16.4. The van der Waals surface area contributed by atoms with Crippen LogP contribution in [-0.2, 0) is 4.74 Å². The molecule has 1 aliphatic heterocycles. The summed E-state index contributed by atoms with van der Waals surface area (Å²) in [6.07, 6.45) is -3.52. The van der Waals surface area contributed by atoms with E-state index in [1.54, 1.807) is 4.90 Å². The van der Waals surface area contributed by atoms with E-state index < -0.39 is 17.7 Å². The van der Waals surface area contributed by atoms with Crippen molar-refractivity contribution in [3.8, 4) is 22.8 Å². The van der Waals surface area contributed by atoms with Crippen molar-refractivity contribution in [2.45, 2.75) is 51.6 Å². The van der Waals surface area contributed by atoms with Gasteiger partial charge in [0, 0.05) is 41.5 Å². The van der Waals surface area contributed by atoms with Crippen molar-refractivity contribution in [1.82, 2.24) is 15.1 Å². The molecule has 1 saturated heterocycles. The number of fused-ring (bicyclic) bond motifs is 1. The van der Waals surface area contributed by atoms with Crippen molar-refractivity contribution >= 4 is 22.7 Å². The first kappa shape index (κ1) is 26.3. The summed E-state index contributed by atoms with van der Waals surface area (Å²) in [5, 5.41) is 13.7. The first-order valence-electron chi connectivity index (χ1n) is 11.9. The molecule has 2 aromatic carbocycles. The minimum Gasteiger partial charge on any atom is -0.496 e. The first-order valence-corrected chi connectivity index (χ1v) is 11.9. The van der Waals surface area contributed by atoms with E-state index in [4.69, 9.17) is 9.47 Å². The molecule has 0 aliphatic carbocycles. The van der Waals surface area contributed by atoms with Crippen LogP contribution in [0.4, 0.5) is 23.8 Å². The fourth-order valence-electron chi connectivity index (χ4n) is 4.25. The molecule has 4 rings (SSSR count). The van der Waals surface area contributed by atoms with E-state index in [0.717, 1.165) is 23.6 Å². The van der Waals surface area contributed by atoms with Gasteiger partial charge < -0.3 is 24.4 Å². The van der Waals surface area contributed by atoms with Crippen LogP contribution >= 0.6 is 0 Å². The Morgan fingerprint density at radius 1 is 1.08 bits per heavy atom. The van der Waals surface area contributed by atoms with Gasteiger partial charge in [-0.3, -0.25) is 0 Å². The Bertz CT molecular complexity index is 1280. The molecule has 0 bridgehead atoms. The number of methoxy groups -OCH3 is 1. The van der Waals surface area contributed by atoms with Crippen LogP contribution in [-0.4, -0.2) is 59.4 Å². The summed E-state index contributed by atoms with van der Waals surface area (Å²) >= 11 is 0. The second-order valence-corrected chi connectivity index (χ2v) is 9.76. The Hall–Kier alpha value is -3.76. The van der Waals surface area contributed by atoms with Crippen LogP contribution in [0.1, 0.15) is 33.6 Å². The molecule has 0 spiro atoms. The van der Waals surface area contributed by atoms with E-state index in [0.29, 0.717) is 30.2 Å². The lowest BCUT2D eigenvalue weighted by molar-refractivity contribution is -0.274. The summed E-state index contributed by atoms with van der Waals surface area (Å²) in [6.45, 7) is 6.58. The van der Waals surface area contributed by atoms with E-state index in [9.17, 15) is 18.0 Å². The molecule has 11 heteroatoms. The fourth-order valence-corrected chi connectivity index (χ4v) is 4.25. The Kier molecular flexibility index (Phi) is 7.33. The first-order chi connectivity index (χ1) is 17.4. The van der Waals surface area contributed by atoms with Gasteiger partial charge in [0.2, 0.25) is 0 Å². The highest BCUT2D eigenvalue weighted by Crippen LogP contribution is 2.38. The van der Waals surface area contributed by atoms with Gasteiger partial charge in [-0.15, -0.1) is 23.4 Å². The number of likely N-dealkylation sites (tertiary alicyclic amines) is 1. The molecule has 1 aliphatic rings. The Labute approximate surface area is 212 Å². The van der Waals surface area contributed by atoms with Crippen LogP contribution in [0, 0.1) is 0 Å². The largest absolute Gasteiger partial charge is 0.573 e. The zero-order valence-electron chi connectivity index (χ0n) is 21.1. The number of benzene rings is 2. The number of nitrogens with zero attached hydrogens (tertiary/aromatic N) is 3. The number of hydrogen-bond donors (Lipinski definition) is 1. The highest BCUT2D eigenvalue weighted by molar-refractivity contribution is 6.01. The number of amides is 1. The monoisotopic (exact) mass is 518 g/mol. The summed E-state index contributed by atoms with van der Waals surface area (Å²) < 4.78 is 52.9. The number of halogens is 3. The number of rotatable bonds is 5. The highest BCUT2D eigenvalue weighted by atomic mass is 19.4. The Balaban J connectivity index is 1.61. The van der Waals surface area contributed by atoms with Gasteiger partial charge in [0.05, 0.1) is 7.11 Å². The predicted octanol–water partition coefficient (Wildman–Crippen LogP) is 6.02. The molecular weight excluding hydrogens is 489 g/mol. The number of aromatic nitrogens is 2. The van der Waals surface area contributed by atoms with E-state index in [2.05, 4.69) is 20.3 Å². The Morgan fingerprint density at radius 3 is 2.49 bits per heavy atom. The SMILES string of the molecule is COc1cc(OC(F)(F)F)ccc1-c1nnc(NC2CCCN(C(=O)OC(C)(C)C)C2)c2ccccc12. The average Bonchev–Trinajstić information content (AvgIpc) is 2.82. The molecular formula is C26H29F3N4O4. The van der Waals surface area contributed by atoms with Gasteiger partial charge in [0.25, 0.3) is 0 Å². The Morgan fingerprint density at radius 2 is 1.81 bits per heavy atom. The summed E-state index contributed by atoms with van der Waals surface area (Å²) in [5.74, 6) is 0.323. The number of carbonyl (C=O) groups is 1. The second-order valence-electron chi connectivity index (χ2n) is 9.76. The summed E-state index contributed by atoms with van der Waals surface area (Å²) in [7, 11) is 1.36. The molecule has 37 heavy (non-hydrogen) atoms. The zero-order valence-corrected chi connectivity index (χ0v) is 21.1. The molecule has 1 N–H and O–H groups in total. The maximum absolute atomic E-state index is 12.7. The summed E-state index contributed by atoms with van der Waals surface area (Å²) in [5.41, 5.74) is 0.351. The van der Waals surface area contributed by atoms with E-state index in [1.807, 2.05) is 45.0 Å². The van der Waals surface area contributed by atoms with Gasteiger partial charge in [-0.1, -0.05) is 24.3 Å². The molecule has 3 aromatic rings. The van der Waals surface area contributed by atoms with Crippen LogP contribution in [0.2, 0.25) is 0 Å². The topological polar surface area (TPSA) is 85.8 Å². The average molecular weight is 519 g/mol. The van der Waals surface area contributed by atoms with E-state index in [-0.39, 0.29) is 17.9 Å². The standard InChI is InChI=1S/C26H29F3N4O4/c1-25(2,3)37-24(34)33-13-7-8-16(15-33)30-23-19-10-6-5-9-18(19)22(31-32-23)20-12-11-17(14-21(20)35-4)36-26(27,28)29/h5-6,9-12,14,16H,7-8,13,15H2,1-4H3,(H,30,32). The van der Waals surface area contributed by atoms with Crippen LogP contribution in [0.25, 0.3) is 22.0 Å². The number of alkyl halides is 3. The van der Waals surface area contributed by atoms with Crippen molar-refractivity contribution in [3.63, 3.8) is 0 Å². The summed E-state index contributed by atoms with van der Waals surface area (Å²) in [4.78, 5) is 14.2. The molecule has 1 fully saturated rings. The van der Waals surface area contributed by atoms with Crippen molar-refractivity contribution in [1.29, 1.82) is 0 Å². The van der Waals surface area contributed by atoms with Gasteiger partial charge in [-0.25, -0.2) is 4.79 Å². The van der Waals surface area contributed by atoms with Gasteiger partial charge in [-0.05, 0) is 45.7 Å². The number of piperidine rings is 1. The van der Waals surface area contributed by atoms with Crippen molar-refractivity contribution in [2.24, 2.45) is 0 Å². The van der Waals surface area contributed by atoms with Gasteiger partial charge in [-0.2, -0.15) is 0 Å². The molecule has 0 radical (unpaired) electrons. The van der Waals surface area contributed by atoms with E-state index in [1.165, 1.54) is 25.3 Å². The number of ether oxygens (including phenoxy) is 3. The van der Waals surface area contributed by atoms with Crippen molar-refractivity contribution in [3.05, 3.63) is 42.5 Å². The lowest BCUT2D eigenvalue weighted by Gasteiger charge is -2.34. The van der Waals surface area contributed by atoms with Crippen LogP contribution in [0.5, 0.6) is 11.5 Å². The van der Waals surface area contributed by atoms with Gasteiger partial charge >= 0.3 is 12.5 Å². The molecule has 2 heterocycles. The maximum atomic E-state index is 12.7. The predicted molar refractivity (Wildman–Crippen MR) is 133 cm³/mol. The van der Waals surface area contributed by atoms with Gasteiger partial charge in [0.15, 0.2) is 5.82 Å². The highest BCUT2D eigenvalue weighted by Gasteiger charge is 2.32. The molecule has 1 atom stereocenters. The minimum atomic E-state index is -4.81. The number of nitrogens with one attached hydrogen (secondary N) is 1. The lowest BCUT2D eigenvalue weighted by Crippen LogP contribution is -2.47. The van der Waals surface area contributed by atoms with Gasteiger partial charge in [0.1, 0.15) is 22.8 Å². The van der Waals surface area contributed by atoms with E-state index >= 15 is 0 Å². The summed E-state index contributed by atoms with van der Waals surface area (Å²) in [6, 6.07) is 11.2. The molecule has 1 unspecified atom stereocenters. The van der Waals surface area contributed by atoms with Crippen molar-refractivity contribution in [2.75, 3.05) is 25.5 Å². The molecule has 8 nitrogen and oxygen atoms in total. The number of carbonyl (C=O) groups excluding carboxylic acids is 1. The quantitative estimate of drug-likeness (QED) is 0.442. The number of anilines is 1. The number of hydrogen-bond acceptors (Lipinski definition) is 7. The molecule has 0 saturated carbocycles.